The number of nitrogens with one attached hydrogen (secondary N) is 1. The fraction of sp³-hybridized carbons (Fsp3) is 0.609. The number of ether oxygens (including phenoxy) is 2. The van der Waals surface area contributed by atoms with Crippen molar-refractivity contribution >= 4 is 17.7 Å². The van der Waals surface area contributed by atoms with Crippen LogP contribution in [0.25, 0.3) is 0 Å². The Labute approximate surface area is 174 Å². The number of hydrogen-bond acceptors (Lipinski definition) is 5. The Hall–Kier alpha value is -2.21. The third-order valence-corrected chi connectivity index (χ3v) is 4.73. The maximum atomic E-state index is 12.3. The number of aryl methyl sites for hydroxylation is 1. The van der Waals surface area contributed by atoms with Gasteiger partial charge in [-0.25, -0.2) is 4.79 Å². The van der Waals surface area contributed by atoms with Gasteiger partial charge in [0, 0.05) is 12.2 Å². The summed E-state index contributed by atoms with van der Waals surface area (Å²) in [5.41, 5.74) is 0.707. The van der Waals surface area contributed by atoms with E-state index >= 15 is 0 Å². The first-order valence-electron chi connectivity index (χ1n) is 10.4. The Balaban J connectivity index is 2.30. The van der Waals surface area contributed by atoms with Crippen LogP contribution in [0.5, 0.6) is 0 Å². The molecule has 1 aromatic carbocycles. The molecule has 0 spiro atoms. The van der Waals surface area contributed by atoms with E-state index in [0.29, 0.717) is 25.2 Å². The zero-order chi connectivity index (χ0) is 21.9. The van der Waals surface area contributed by atoms with E-state index in [1.807, 2.05) is 19.1 Å². The molecular weight excluding hydrogens is 370 g/mol. The minimum atomic E-state index is -0.935. The van der Waals surface area contributed by atoms with E-state index in [0.717, 1.165) is 31.2 Å². The smallest absolute Gasteiger partial charge is 0.337 e. The van der Waals surface area contributed by atoms with Gasteiger partial charge in [-0.1, -0.05) is 37.0 Å². The second kappa shape index (κ2) is 12.4. The van der Waals surface area contributed by atoms with Crippen molar-refractivity contribution in [2.24, 2.45) is 0 Å². The molecule has 6 heteroatoms. The topological polar surface area (TPSA) is 81.7 Å². The molecule has 6 nitrogen and oxygen atoms in total. The third-order valence-electron chi connectivity index (χ3n) is 4.73. The summed E-state index contributed by atoms with van der Waals surface area (Å²) in [6.45, 7) is 9.47. The van der Waals surface area contributed by atoms with E-state index in [9.17, 15) is 14.4 Å². The summed E-state index contributed by atoms with van der Waals surface area (Å²) in [5, 5.41) is 2.83. The molecule has 0 aromatic heterocycles. The summed E-state index contributed by atoms with van der Waals surface area (Å²) in [6, 6.07) is 6.81. The van der Waals surface area contributed by atoms with Gasteiger partial charge in [-0.3, -0.25) is 9.59 Å². The summed E-state index contributed by atoms with van der Waals surface area (Å²) in [7, 11) is 0. The number of ketones is 1. The van der Waals surface area contributed by atoms with Gasteiger partial charge in [0.1, 0.15) is 0 Å². The Morgan fingerprint density at radius 1 is 1.03 bits per heavy atom. The van der Waals surface area contributed by atoms with Crippen LogP contribution in [0.15, 0.2) is 24.3 Å². The average Bonchev–Trinajstić information content (AvgIpc) is 2.66. The standard InChI is InChI=1S/C23H35NO5/c1-6-28-22(27)23(4,5)29-16-10-8-7-9-11-20(18(3)25)24-21(26)19-14-12-17(2)13-15-19/h12-15,20H,6-11,16H2,1-5H3,(H,24,26). The molecule has 0 fully saturated rings. The van der Waals surface area contributed by atoms with Crippen molar-refractivity contribution in [2.75, 3.05) is 13.2 Å². The Morgan fingerprint density at radius 3 is 2.24 bits per heavy atom. The van der Waals surface area contributed by atoms with Crippen LogP contribution < -0.4 is 5.32 Å². The van der Waals surface area contributed by atoms with Gasteiger partial charge in [0.15, 0.2) is 11.4 Å². The first kappa shape index (κ1) is 24.8. The third kappa shape index (κ3) is 9.22. The molecule has 1 atom stereocenters. The molecular formula is C23H35NO5. The van der Waals surface area contributed by atoms with Gasteiger partial charge in [0.2, 0.25) is 0 Å². The summed E-state index contributed by atoms with van der Waals surface area (Å²) in [5.74, 6) is -0.613. The second-order valence-electron chi connectivity index (χ2n) is 7.78. The summed E-state index contributed by atoms with van der Waals surface area (Å²) < 4.78 is 10.6. The Bertz CT molecular complexity index is 666. The molecule has 162 valence electrons. The van der Waals surface area contributed by atoms with E-state index in [4.69, 9.17) is 9.47 Å². The summed E-state index contributed by atoms with van der Waals surface area (Å²) in [4.78, 5) is 36.0. The number of rotatable bonds is 13. The van der Waals surface area contributed by atoms with E-state index in [-0.39, 0.29) is 17.7 Å². The predicted molar refractivity (Wildman–Crippen MR) is 113 cm³/mol. The Kier molecular flexibility index (Phi) is 10.6. The van der Waals surface area contributed by atoms with E-state index in [2.05, 4.69) is 5.32 Å². The molecule has 0 aliphatic rings. The molecule has 1 amide bonds. The van der Waals surface area contributed by atoms with Crippen LogP contribution in [0.2, 0.25) is 0 Å². The van der Waals surface area contributed by atoms with Gasteiger partial charge in [-0.05, 0) is 59.6 Å². The lowest BCUT2D eigenvalue weighted by atomic mass is 10.0. The van der Waals surface area contributed by atoms with Gasteiger partial charge in [0.05, 0.1) is 12.6 Å². The highest BCUT2D eigenvalue weighted by molar-refractivity contribution is 5.97. The summed E-state index contributed by atoms with van der Waals surface area (Å²) in [6.07, 6.45) is 4.12. The lowest BCUT2D eigenvalue weighted by Crippen LogP contribution is -2.39. The highest BCUT2D eigenvalue weighted by atomic mass is 16.6. The fourth-order valence-corrected chi connectivity index (χ4v) is 2.82. The molecule has 1 rings (SSSR count). The number of amides is 1. The van der Waals surface area contributed by atoms with Crippen LogP contribution in [-0.4, -0.2) is 42.5 Å². The normalized spacial score (nSPS) is 12.3. The van der Waals surface area contributed by atoms with Crippen molar-refractivity contribution in [1.29, 1.82) is 0 Å². The minimum Gasteiger partial charge on any atom is -0.464 e. The van der Waals surface area contributed by atoms with Gasteiger partial charge >= 0.3 is 5.97 Å². The van der Waals surface area contributed by atoms with Gasteiger partial charge in [-0.15, -0.1) is 0 Å². The van der Waals surface area contributed by atoms with Crippen LogP contribution in [0.1, 0.15) is 75.7 Å². The zero-order valence-corrected chi connectivity index (χ0v) is 18.4. The average molecular weight is 406 g/mol. The molecule has 1 unspecified atom stereocenters. The number of benzene rings is 1. The lowest BCUT2D eigenvalue weighted by Gasteiger charge is -2.22. The van der Waals surface area contributed by atoms with Crippen LogP contribution in [-0.2, 0) is 19.1 Å². The van der Waals surface area contributed by atoms with Gasteiger partial charge in [-0.2, -0.15) is 0 Å². The molecule has 0 bridgehead atoms. The van der Waals surface area contributed by atoms with E-state index < -0.39 is 11.6 Å². The number of carbonyl (C=O) groups excluding carboxylic acids is 3. The largest absolute Gasteiger partial charge is 0.464 e. The molecule has 0 saturated carbocycles. The summed E-state index contributed by atoms with van der Waals surface area (Å²) >= 11 is 0. The SMILES string of the molecule is CCOC(=O)C(C)(C)OCCCCCCC(NC(=O)c1ccc(C)cc1)C(C)=O. The van der Waals surface area contributed by atoms with E-state index in [1.54, 1.807) is 32.9 Å². The Morgan fingerprint density at radius 2 is 1.66 bits per heavy atom. The molecule has 0 radical (unpaired) electrons. The van der Waals surface area contributed by atoms with Crippen molar-refractivity contribution in [3.05, 3.63) is 35.4 Å². The molecule has 1 N–H and O–H groups in total. The van der Waals surface area contributed by atoms with Crippen LogP contribution in [0.4, 0.5) is 0 Å². The first-order chi connectivity index (χ1) is 13.7. The maximum Gasteiger partial charge on any atom is 0.337 e. The predicted octanol–water partition coefficient (Wildman–Crippen LogP) is 3.99. The van der Waals surface area contributed by atoms with Crippen molar-refractivity contribution < 1.29 is 23.9 Å². The highest BCUT2D eigenvalue weighted by Crippen LogP contribution is 2.14. The van der Waals surface area contributed by atoms with Crippen molar-refractivity contribution in [2.45, 2.75) is 78.4 Å². The first-order valence-corrected chi connectivity index (χ1v) is 10.4. The van der Waals surface area contributed by atoms with E-state index in [1.165, 1.54) is 6.92 Å². The second-order valence-corrected chi connectivity index (χ2v) is 7.78. The zero-order valence-electron chi connectivity index (χ0n) is 18.4. The molecule has 0 aliphatic heterocycles. The number of Topliss-reactive ketones (excluding diaryl/α,β-unsaturated/α-hetero) is 1. The van der Waals surface area contributed by atoms with Gasteiger partial charge in [0.25, 0.3) is 5.91 Å². The quantitative estimate of drug-likeness (QED) is 0.396. The molecule has 1 aromatic rings. The molecule has 0 heterocycles. The lowest BCUT2D eigenvalue weighted by molar-refractivity contribution is -0.167. The van der Waals surface area contributed by atoms with Crippen LogP contribution in [0.3, 0.4) is 0 Å². The van der Waals surface area contributed by atoms with Crippen molar-refractivity contribution in [1.82, 2.24) is 5.32 Å². The minimum absolute atomic E-state index is 0.0371. The van der Waals surface area contributed by atoms with Crippen molar-refractivity contribution in [3.63, 3.8) is 0 Å². The maximum absolute atomic E-state index is 12.3. The van der Waals surface area contributed by atoms with Crippen LogP contribution >= 0.6 is 0 Å². The highest BCUT2D eigenvalue weighted by Gasteiger charge is 2.29. The fourth-order valence-electron chi connectivity index (χ4n) is 2.82. The molecule has 0 saturated heterocycles. The monoisotopic (exact) mass is 405 g/mol. The number of esters is 1. The van der Waals surface area contributed by atoms with Gasteiger partial charge < -0.3 is 14.8 Å². The van der Waals surface area contributed by atoms with Crippen LogP contribution in [0, 0.1) is 6.92 Å². The molecule has 29 heavy (non-hydrogen) atoms. The molecule has 0 aliphatic carbocycles. The number of carbonyl (C=O) groups is 3. The van der Waals surface area contributed by atoms with Crippen molar-refractivity contribution in [3.8, 4) is 0 Å². The number of hydrogen-bond donors (Lipinski definition) is 1. The number of unbranched alkanes of at least 4 members (excludes halogenated alkanes) is 3.